The first-order valence-corrected chi connectivity index (χ1v) is 6.78. The van der Waals surface area contributed by atoms with E-state index in [4.69, 9.17) is 22.1 Å². The van der Waals surface area contributed by atoms with Crippen molar-refractivity contribution in [2.45, 2.75) is 20.5 Å². The number of anilines is 1. The molecule has 0 saturated carbocycles. The smallest absolute Gasteiger partial charge is 0.338 e. The van der Waals surface area contributed by atoms with Gasteiger partial charge in [0, 0.05) is 16.3 Å². The Morgan fingerprint density at radius 1 is 1.29 bits per heavy atom. The number of halogens is 1. The van der Waals surface area contributed by atoms with Crippen molar-refractivity contribution in [1.82, 2.24) is 0 Å². The van der Waals surface area contributed by atoms with Gasteiger partial charge in [0.25, 0.3) is 0 Å². The number of aryl methyl sites for hydroxylation is 2. The monoisotopic (exact) mass is 305 g/mol. The van der Waals surface area contributed by atoms with Crippen LogP contribution >= 0.6 is 11.6 Å². The zero-order chi connectivity index (χ0) is 15.6. The number of aromatic carboxylic acids is 1. The lowest BCUT2D eigenvalue weighted by molar-refractivity contribution is 0.0695. The minimum absolute atomic E-state index is 0.0850. The van der Waals surface area contributed by atoms with E-state index in [1.165, 1.54) is 0 Å². The highest BCUT2D eigenvalue weighted by atomic mass is 35.5. The first kappa shape index (κ1) is 15.2. The summed E-state index contributed by atoms with van der Waals surface area (Å²) >= 11 is 5.98. The number of hydrogen-bond donors (Lipinski definition) is 2. The molecule has 0 spiro atoms. The van der Waals surface area contributed by atoms with Gasteiger partial charge in [-0.2, -0.15) is 0 Å². The van der Waals surface area contributed by atoms with Gasteiger partial charge in [-0.3, -0.25) is 0 Å². The van der Waals surface area contributed by atoms with E-state index in [-0.39, 0.29) is 17.9 Å². The third-order valence-corrected chi connectivity index (χ3v) is 3.41. The predicted molar refractivity (Wildman–Crippen MR) is 83.1 cm³/mol. The van der Waals surface area contributed by atoms with Crippen molar-refractivity contribution < 1.29 is 14.6 Å². The molecule has 0 bridgehead atoms. The maximum Gasteiger partial charge on any atom is 0.338 e. The topological polar surface area (TPSA) is 72.5 Å². The van der Waals surface area contributed by atoms with Crippen molar-refractivity contribution in [2.24, 2.45) is 0 Å². The summed E-state index contributed by atoms with van der Waals surface area (Å²) in [6.45, 7) is 3.92. The number of hydrogen-bond acceptors (Lipinski definition) is 3. The molecule has 0 amide bonds. The van der Waals surface area contributed by atoms with E-state index >= 15 is 0 Å². The lowest BCUT2D eigenvalue weighted by atomic mass is 10.1. The van der Waals surface area contributed by atoms with Gasteiger partial charge >= 0.3 is 5.97 Å². The van der Waals surface area contributed by atoms with Gasteiger partial charge in [0.05, 0.1) is 5.56 Å². The molecule has 21 heavy (non-hydrogen) atoms. The molecule has 0 saturated heterocycles. The lowest BCUT2D eigenvalue weighted by Gasteiger charge is -2.14. The third kappa shape index (κ3) is 3.28. The van der Waals surface area contributed by atoms with Crippen LogP contribution in [0.4, 0.5) is 5.69 Å². The van der Waals surface area contributed by atoms with Crippen LogP contribution in [0, 0.1) is 13.8 Å². The maximum atomic E-state index is 11.3. The molecule has 4 nitrogen and oxygen atoms in total. The second-order valence-electron chi connectivity index (χ2n) is 4.84. The predicted octanol–water partition coefficient (Wildman–Crippen LogP) is 3.82. The molecule has 0 atom stereocenters. The van der Waals surface area contributed by atoms with E-state index < -0.39 is 5.97 Å². The summed E-state index contributed by atoms with van der Waals surface area (Å²) in [6, 6.07) is 8.58. The summed E-state index contributed by atoms with van der Waals surface area (Å²) in [5.74, 6) is -0.352. The van der Waals surface area contributed by atoms with Gasteiger partial charge in [-0.15, -0.1) is 0 Å². The van der Waals surface area contributed by atoms with Gasteiger partial charge in [0.1, 0.15) is 12.4 Å². The SMILES string of the molecule is Cc1cc(Cl)cc(C)c1OCc1cccc(N)c1C(=O)O. The van der Waals surface area contributed by atoms with E-state index in [0.717, 1.165) is 11.1 Å². The van der Waals surface area contributed by atoms with Gasteiger partial charge < -0.3 is 15.6 Å². The van der Waals surface area contributed by atoms with Gasteiger partial charge in [-0.1, -0.05) is 23.7 Å². The van der Waals surface area contributed by atoms with Crippen LogP contribution in [0.3, 0.4) is 0 Å². The number of carboxylic acid groups (broad SMARTS) is 1. The molecule has 0 fully saturated rings. The van der Waals surface area contributed by atoms with Crippen molar-refractivity contribution in [3.05, 3.63) is 57.6 Å². The Labute approximate surface area is 128 Å². The molecular formula is C16H16ClNO3. The van der Waals surface area contributed by atoms with Gasteiger partial charge in [0.2, 0.25) is 0 Å². The normalized spacial score (nSPS) is 10.4. The van der Waals surface area contributed by atoms with Crippen LogP contribution < -0.4 is 10.5 Å². The van der Waals surface area contributed by atoms with Gasteiger partial charge in [-0.05, 0) is 43.2 Å². The molecule has 0 unspecified atom stereocenters. The zero-order valence-corrected chi connectivity index (χ0v) is 12.6. The molecule has 0 aromatic heterocycles. The van der Waals surface area contributed by atoms with E-state index in [1.54, 1.807) is 30.3 Å². The molecule has 0 aliphatic carbocycles. The van der Waals surface area contributed by atoms with Crippen LogP contribution in [0.25, 0.3) is 0 Å². The Balaban J connectivity index is 2.29. The summed E-state index contributed by atoms with van der Waals surface area (Å²) in [5, 5.41) is 9.88. The fraction of sp³-hybridized carbons (Fsp3) is 0.188. The highest BCUT2D eigenvalue weighted by Gasteiger charge is 2.15. The number of nitrogens with two attached hydrogens (primary N) is 1. The molecule has 3 N–H and O–H groups in total. The number of benzene rings is 2. The molecule has 0 aliphatic rings. The van der Waals surface area contributed by atoms with Crippen LogP contribution in [-0.4, -0.2) is 11.1 Å². The Kier molecular flexibility index (Phi) is 4.38. The van der Waals surface area contributed by atoms with Crippen LogP contribution in [0.15, 0.2) is 30.3 Å². The Bertz CT molecular complexity index is 675. The molecular weight excluding hydrogens is 290 g/mol. The van der Waals surface area contributed by atoms with Crippen LogP contribution in [0.1, 0.15) is 27.0 Å². The fourth-order valence-corrected chi connectivity index (χ4v) is 2.60. The minimum Gasteiger partial charge on any atom is -0.488 e. The van der Waals surface area contributed by atoms with Crippen LogP contribution in [-0.2, 0) is 6.61 Å². The summed E-state index contributed by atoms with van der Waals surface area (Å²) in [7, 11) is 0. The van der Waals surface area contributed by atoms with Gasteiger partial charge in [-0.25, -0.2) is 4.79 Å². The molecule has 0 aliphatic heterocycles. The standard InChI is InChI=1S/C16H16ClNO3/c1-9-6-12(17)7-10(2)15(9)21-8-11-4-3-5-13(18)14(11)16(19)20/h3-7H,8,18H2,1-2H3,(H,19,20). The third-order valence-electron chi connectivity index (χ3n) is 3.19. The molecule has 110 valence electrons. The second kappa shape index (κ2) is 6.06. The molecule has 0 radical (unpaired) electrons. The lowest BCUT2D eigenvalue weighted by Crippen LogP contribution is -2.09. The van der Waals surface area contributed by atoms with Gasteiger partial charge in [0.15, 0.2) is 0 Å². The van der Waals surface area contributed by atoms with Crippen molar-refractivity contribution in [3.63, 3.8) is 0 Å². The molecule has 5 heteroatoms. The minimum atomic E-state index is -1.06. The maximum absolute atomic E-state index is 11.3. The zero-order valence-electron chi connectivity index (χ0n) is 11.8. The fourth-order valence-electron chi connectivity index (χ4n) is 2.28. The number of ether oxygens (including phenoxy) is 1. The Morgan fingerprint density at radius 3 is 2.48 bits per heavy atom. The summed E-state index contributed by atoms with van der Waals surface area (Å²) in [4.78, 5) is 11.3. The molecule has 2 aromatic rings. The average Bonchev–Trinajstić information content (AvgIpc) is 2.36. The highest BCUT2D eigenvalue weighted by Crippen LogP contribution is 2.28. The summed E-state index contributed by atoms with van der Waals surface area (Å²) in [6.07, 6.45) is 0. The summed E-state index contributed by atoms with van der Waals surface area (Å²) < 4.78 is 5.78. The van der Waals surface area contributed by atoms with Crippen molar-refractivity contribution in [1.29, 1.82) is 0 Å². The molecule has 2 rings (SSSR count). The number of rotatable bonds is 4. The van der Waals surface area contributed by atoms with Crippen molar-refractivity contribution in [3.8, 4) is 5.75 Å². The first-order chi connectivity index (χ1) is 9.90. The van der Waals surface area contributed by atoms with E-state index in [1.807, 2.05) is 13.8 Å². The quantitative estimate of drug-likeness (QED) is 0.842. The van der Waals surface area contributed by atoms with E-state index in [2.05, 4.69) is 0 Å². The number of carbonyl (C=O) groups is 1. The Morgan fingerprint density at radius 2 is 1.90 bits per heavy atom. The molecule has 0 heterocycles. The second-order valence-corrected chi connectivity index (χ2v) is 5.28. The van der Waals surface area contributed by atoms with Crippen molar-refractivity contribution >= 4 is 23.3 Å². The first-order valence-electron chi connectivity index (χ1n) is 6.40. The Hall–Kier alpha value is -2.20. The van der Waals surface area contributed by atoms with E-state index in [9.17, 15) is 9.90 Å². The highest BCUT2D eigenvalue weighted by molar-refractivity contribution is 6.30. The van der Waals surface area contributed by atoms with E-state index in [0.29, 0.717) is 16.3 Å². The van der Waals surface area contributed by atoms with Crippen molar-refractivity contribution in [2.75, 3.05) is 5.73 Å². The number of carboxylic acids is 1. The average molecular weight is 306 g/mol. The van der Waals surface area contributed by atoms with Crippen LogP contribution in [0.2, 0.25) is 5.02 Å². The number of nitrogen functional groups attached to an aromatic ring is 1. The summed E-state index contributed by atoms with van der Waals surface area (Å²) in [5.41, 5.74) is 8.38. The molecule has 2 aromatic carbocycles. The largest absolute Gasteiger partial charge is 0.488 e. The van der Waals surface area contributed by atoms with Crippen LogP contribution in [0.5, 0.6) is 5.75 Å².